The lowest BCUT2D eigenvalue weighted by Gasteiger charge is -2.31. The molecule has 0 atom stereocenters. The van der Waals surface area contributed by atoms with Crippen LogP contribution in [0.3, 0.4) is 0 Å². The van der Waals surface area contributed by atoms with Crippen molar-refractivity contribution in [1.82, 2.24) is 0 Å². The summed E-state index contributed by atoms with van der Waals surface area (Å²) in [5, 5.41) is 15.8. The van der Waals surface area contributed by atoms with Gasteiger partial charge in [-0.1, -0.05) is 182 Å². The van der Waals surface area contributed by atoms with Crippen molar-refractivity contribution in [3.63, 3.8) is 0 Å². The molecule has 13 aromatic rings. The molecule has 77 heavy (non-hydrogen) atoms. The normalized spacial score (nSPS) is 12.4. The van der Waals surface area contributed by atoms with Crippen LogP contribution < -0.4 is 19.3 Å². The quantitative estimate of drug-likeness (QED) is 0.126. The topological polar surface area (TPSA) is 79.4 Å². The summed E-state index contributed by atoms with van der Waals surface area (Å²) < 4.78 is 28.4. The maximum atomic E-state index is 12.0. The van der Waals surface area contributed by atoms with E-state index in [2.05, 4.69) is 59.4 Å². The van der Waals surface area contributed by atoms with Crippen molar-refractivity contribution >= 4 is 83.7 Å². The maximum absolute atomic E-state index is 12.0. The van der Waals surface area contributed by atoms with Gasteiger partial charge in [-0.15, -0.1) is 0 Å². The molecule has 0 fully saturated rings. The molecule has 2 aromatic heterocycles. The highest BCUT2D eigenvalue weighted by Gasteiger charge is 2.51. The van der Waals surface area contributed by atoms with Crippen LogP contribution >= 0.6 is 0 Å². The van der Waals surface area contributed by atoms with E-state index in [9.17, 15) is 11.8 Å². The fourth-order valence-electron chi connectivity index (χ4n) is 10.9. The summed E-state index contributed by atoms with van der Waals surface area (Å²) in [6.07, 6.45) is 0. The van der Waals surface area contributed by atoms with E-state index in [0.717, 1.165) is 55.0 Å². The van der Waals surface area contributed by atoms with Gasteiger partial charge in [0.1, 0.15) is 28.0 Å². The van der Waals surface area contributed by atoms with Crippen LogP contribution in [0.25, 0.3) is 71.0 Å². The second-order valence-corrected chi connectivity index (χ2v) is 18.9. The third-order valence-corrected chi connectivity index (χ3v) is 14.5. The number of hydrogen-bond acceptors (Lipinski definition) is 7. The van der Waals surface area contributed by atoms with E-state index in [4.69, 9.17) is 18.3 Å². The molecule has 3 heterocycles. The Morgan fingerprint density at radius 3 is 1.18 bits per heavy atom. The zero-order chi connectivity index (χ0) is 51.5. The highest BCUT2D eigenvalue weighted by atomic mass is 16.7. The third kappa shape index (κ3) is 7.43. The van der Waals surface area contributed by atoms with E-state index >= 15 is 0 Å². The molecule has 0 spiro atoms. The molecule has 362 valence electrons. The van der Waals surface area contributed by atoms with Gasteiger partial charge < -0.3 is 28.1 Å². The van der Waals surface area contributed by atoms with E-state index in [-0.39, 0.29) is 22.7 Å². The second kappa shape index (κ2) is 18.3. The van der Waals surface area contributed by atoms with Gasteiger partial charge in [0.25, 0.3) is 0 Å². The maximum Gasteiger partial charge on any atom is 0.305 e. The van der Waals surface area contributed by atoms with E-state index in [1.807, 2.05) is 216 Å². The van der Waals surface area contributed by atoms with Crippen molar-refractivity contribution in [1.29, 1.82) is 5.26 Å². The van der Waals surface area contributed by atoms with Crippen molar-refractivity contribution in [2.45, 2.75) is 5.79 Å². The molecule has 0 bridgehead atoms. The number of nitriles is 1. The van der Waals surface area contributed by atoms with Crippen molar-refractivity contribution < 1.29 is 18.3 Å². The van der Waals surface area contributed by atoms with Crippen LogP contribution in [0.4, 0.5) is 39.8 Å². The molecule has 1 aliphatic heterocycles. The minimum absolute atomic E-state index is 0.0503. The standard InChI is InChI=1S/C69H42N4O4/c1-71-64-59(44-70)65(72(51-34-30-47(31-35-51)45-18-6-2-7-19-45)53-38-40-57-55-26-14-16-28-60(55)74-62(57)42-53)67-68(77-69(76-67,49-22-10-4-11-23-49)50-24-12-5-13-25-50)66(64)73(52-36-32-48(33-37-52)46-20-8-3-9-21-46)54-39-41-58-56-27-15-17-29-61(56)75-63(58)43-54/h2-43H. The average molecular weight is 991 g/mol. The summed E-state index contributed by atoms with van der Waals surface area (Å²) in [6, 6.07) is 87.1. The summed E-state index contributed by atoms with van der Waals surface area (Å²) in [5.41, 5.74) is 11.8. The number of fused-ring (bicyclic) bond motifs is 7. The molecule has 0 saturated carbocycles. The minimum atomic E-state index is -1.61. The molecule has 11 aromatic carbocycles. The molecule has 0 aliphatic carbocycles. The van der Waals surface area contributed by atoms with E-state index < -0.39 is 5.79 Å². The Balaban J connectivity index is 1.08. The van der Waals surface area contributed by atoms with Gasteiger partial charge in [0.15, 0.2) is 11.5 Å². The molecule has 1 aliphatic rings. The zero-order valence-electron chi connectivity index (χ0n) is 41.2. The van der Waals surface area contributed by atoms with Crippen LogP contribution in [0.1, 0.15) is 16.7 Å². The van der Waals surface area contributed by atoms with Gasteiger partial charge in [-0.2, -0.15) is 5.26 Å². The summed E-state index contributed by atoms with van der Waals surface area (Å²) in [6.45, 7) is 9.33. The first-order valence-electron chi connectivity index (χ1n) is 25.3. The largest absolute Gasteiger partial charge is 0.456 e. The summed E-state index contributed by atoms with van der Waals surface area (Å²) in [7, 11) is 0. The number of nitrogens with zero attached hydrogens (tertiary/aromatic N) is 4. The Hall–Kier alpha value is -10.8. The Labute approximate surface area is 443 Å². The predicted molar refractivity (Wildman–Crippen MR) is 307 cm³/mol. The number of anilines is 6. The van der Waals surface area contributed by atoms with Gasteiger partial charge in [-0.05, 0) is 82.9 Å². The molecule has 0 amide bonds. The lowest BCUT2D eigenvalue weighted by molar-refractivity contribution is -0.0454. The fourth-order valence-corrected chi connectivity index (χ4v) is 10.9. The van der Waals surface area contributed by atoms with Crippen LogP contribution in [0.5, 0.6) is 11.5 Å². The number of benzene rings is 11. The highest BCUT2D eigenvalue weighted by molar-refractivity contribution is 6.09. The molecule has 14 rings (SSSR count). The molecule has 0 N–H and O–H groups in total. The lowest BCUT2D eigenvalue weighted by Crippen LogP contribution is -2.37. The molecule has 0 saturated heterocycles. The minimum Gasteiger partial charge on any atom is -0.456 e. The Morgan fingerprint density at radius 2 is 0.740 bits per heavy atom. The van der Waals surface area contributed by atoms with Crippen molar-refractivity contribution in [2.75, 3.05) is 9.80 Å². The van der Waals surface area contributed by atoms with Gasteiger partial charge in [0.05, 0.1) is 29.6 Å². The molecule has 0 unspecified atom stereocenters. The first-order chi connectivity index (χ1) is 38.1. The number of para-hydroxylation sites is 2. The van der Waals surface area contributed by atoms with Gasteiger partial charge in [-0.25, -0.2) is 4.85 Å². The first kappa shape index (κ1) is 44.9. The van der Waals surface area contributed by atoms with Gasteiger partial charge >= 0.3 is 5.79 Å². The van der Waals surface area contributed by atoms with E-state index in [0.29, 0.717) is 56.4 Å². The van der Waals surface area contributed by atoms with Gasteiger partial charge in [0, 0.05) is 61.9 Å². The van der Waals surface area contributed by atoms with Crippen LogP contribution in [0.15, 0.2) is 264 Å². The highest BCUT2D eigenvalue weighted by Crippen LogP contribution is 2.64. The molecule has 8 nitrogen and oxygen atoms in total. The van der Waals surface area contributed by atoms with Crippen LogP contribution in [0.2, 0.25) is 0 Å². The molecular formula is C69H42N4O4. The van der Waals surface area contributed by atoms with E-state index in [1.54, 1.807) is 0 Å². The average Bonchev–Trinajstić information content (AvgIpc) is 4.41. The number of furan rings is 2. The number of hydrogen-bond donors (Lipinski definition) is 0. The number of ether oxygens (including phenoxy) is 2. The predicted octanol–water partition coefficient (Wildman–Crippen LogP) is 18.9. The third-order valence-electron chi connectivity index (χ3n) is 14.5. The molecule has 0 radical (unpaired) electrons. The summed E-state index contributed by atoms with van der Waals surface area (Å²) >= 11 is 0. The SMILES string of the molecule is [C-]#[N+]c1c(C#N)c(N(c2ccc(-c3ccccc3)cc2)c2ccc3c(c2)oc2ccccc23)c2c(c1N(c1ccc(-c3ccccc3)cc1)c1ccc3c(c1)oc1ccccc13)OC(c1ccccc1)(c1ccccc1)O2. The first-order valence-corrected chi connectivity index (χ1v) is 25.3. The lowest BCUT2D eigenvalue weighted by atomic mass is 9.97. The summed E-state index contributed by atoms with van der Waals surface area (Å²) in [5.74, 6) is -1.10. The van der Waals surface area contributed by atoms with Gasteiger partial charge in [0.2, 0.25) is 5.69 Å². The monoisotopic (exact) mass is 990 g/mol. The van der Waals surface area contributed by atoms with Gasteiger partial charge in [-0.3, -0.25) is 0 Å². The Kier molecular flexibility index (Phi) is 10.7. The van der Waals surface area contributed by atoms with Crippen molar-refractivity contribution in [3.8, 4) is 39.8 Å². The second-order valence-electron chi connectivity index (χ2n) is 18.9. The van der Waals surface area contributed by atoms with Crippen molar-refractivity contribution in [3.05, 3.63) is 283 Å². The molecule has 8 heteroatoms. The zero-order valence-corrected chi connectivity index (χ0v) is 41.2. The van der Waals surface area contributed by atoms with Crippen LogP contribution in [0, 0.1) is 17.9 Å². The van der Waals surface area contributed by atoms with Crippen molar-refractivity contribution in [2.24, 2.45) is 0 Å². The smallest absolute Gasteiger partial charge is 0.305 e. The Morgan fingerprint density at radius 1 is 0.377 bits per heavy atom. The van der Waals surface area contributed by atoms with Crippen LogP contribution in [-0.4, -0.2) is 0 Å². The summed E-state index contributed by atoms with van der Waals surface area (Å²) in [4.78, 5) is 8.38. The Bertz CT molecular complexity index is 4180. The van der Waals surface area contributed by atoms with E-state index in [1.165, 1.54) is 0 Å². The molecular weight excluding hydrogens is 949 g/mol. The number of rotatable bonds is 10. The van der Waals surface area contributed by atoms with Crippen LogP contribution in [-0.2, 0) is 5.79 Å². The fraction of sp³-hybridized carbons (Fsp3) is 0.0145.